The molecule has 7 nitrogen and oxygen atoms in total. The minimum atomic E-state index is -4.60. The third-order valence-electron chi connectivity index (χ3n) is 5.41. The molecule has 1 atom stereocenters. The fourth-order valence-electron chi connectivity index (χ4n) is 3.52. The Balaban J connectivity index is 1.56. The average Bonchev–Trinajstić information content (AvgIpc) is 3.33. The van der Waals surface area contributed by atoms with Gasteiger partial charge in [0.25, 0.3) is 11.8 Å². The van der Waals surface area contributed by atoms with E-state index in [2.05, 4.69) is 10.1 Å². The van der Waals surface area contributed by atoms with Crippen molar-refractivity contribution in [3.05, 3.63) is 52.3 Å². The van der Waals surface area contributed by atoms with Crippen molar-refractivity contribution < 1.29 is 31.7 Å². The Hall–Kier alpha value is -3.37. The number of carbonyl (C=O) groups excluding carboxylic acids is 2. The van der Waals surface area contributed by atoms with E-state index in [4.69, 9.17) is 4.52 Å². The Kier molecular flexibility index (Phi) is 4.98. The number of H-pyrrole nitrogens is 1. The van der Waals surface area contributed by atoms with Crippen LogP contribution in [0.4, 0.5) is 17.6 Å². The Labute approximate surface area is 173 Å². The first-order valence-corrected chi connectivity index (χ1v) is 9.48. The van der Waals surface area contributed by atoms with Gasteiger partial charge in [0, 0.05) is 29.4 Å². The molecule has 0 spiro atoms. The smallest absolute Gasteiger partial charge is 0.360 e. The molecule has 1 aliphatic heterocycles. The molecular weight excluding hydrogens is 420 g/mol. The number of amides is 2. The van der Waals surface area contributed by atoms with E-state index in [1.54, 1.807) is 13.0 Å². The molecule has 164 valence electrons. The number of aromatic amines is 1. The molecule has 0 unspecified atom stereocenters. The van der Waals surface area contributed by atoms with Crippen LogP contribution in [0.5, 0.6) is 0 Å². The van der Waals surface area contributed by atoms with Gasteiger partial charge in [-0.25, -0.2) is 4.39 Å². The maximum absolute atomic E-state index is 13.8. The van der Waals surface area contributed by atoms with Gasteiger partial charge in [-0.1, -0.05) is 5.16 Å². The topological polar surface area (TPSA) is 91.2 Å². The fraction of sp³-hybridized carbons (Fsp3) is 0.350. The van der Waals surface area contributed by atoms with Crippen LogP contribution in [0.15, 0.2) is 22.7 Å². The average molecular weight is 438 g/mol. The summed E-state index contributed by atoms with van der Waals surface area (Å²) in [6.07, 6.45) is -4.35. The van der Waals surface area contributed by atoms with E-state index in [1.165, 1.54) is 17.0 Å². The van der Waals surface area contributed by atoms with Crippen LogP contribution in [0.3, 0.4) is 0 Å². The highest BCUT2D eigenvalue weighted by atomic mass is 19.4. The first-order chi connectivity index (χ1) is 14.6. The molecule has 3 aromatic rings. The highest BCUT2D eigenvalue weighted by Crippen LogP contribution is 2.27. The number of rotatable bonds is 3. The first kappa shape index (κ1) is 20.9. The van der Waals surface area contributed by atoms with Crippen LogP contribution >= 0.6 is 0 Å². The summed E-state index contributed by atoms with van der Waals surface area (Å²) in [5.41, 5.74) is 1.24. The normalized spacial score (nSPS) is 15.1. The summed E-state index contributed by atoms with van der Waals surface area (Å²) in [4.78, 5) is 29.7. The van der Waals surface area contributed by atoms with E-state index >= 15 is 0 Å². The van der Waals surface area contributed by atoms with Crippen molar-refractivity contribution in [1.82, 2.24) is 20.4 Å². The summed E-state index contributed by atoms with van der Waals surface area (Å²) in [6, 6.07) is 2.33. The maximum Gasteiger partial charge on any atom is 0.408 e. The number of carbonyl (C=O) groups is 2. The number of hydrogen-bond donors (Lipinski definition) is 2. The van der Waals surface area contributed by atoms with E-state index in [1.807, 2.05) is 5.32 Å². The predicted molar refractivity (Wildman–Crippen MR) is 101 cm³/mol. The molecule has 31 heavy (non-hydrogen) atoms. The second kappa shape index (κ2) is 7.40. The number of fused-ring (bicyclic) bond motifs is 2. The lowest BCUT2D eigenvalue weighted by Crippen LogP contribution is -2.44. The molecule has 11 heteroatoms. The number of nitrogens with one attached hydrogen (secondary N) is 2. The van der Waals surface area contributed by atoms with Gasteiger partial charge in [0.15, 0.2) is 5.69 Å². The molecule has 2 N–H and O–H groups in total. The maximum atomic E-state index is 13.8. The zero-order valence-electron chi connectivity index (χ0n) is 16.6. The lowest BCUT2D eigenvalue weighted by atomic mass is 10.0. The molecule has 0 saturated carbocycles. The van der Waals surface area contributed by atoms with Gasteiger partial charge in [-0.05, 0) is 37.6 Å². The lowest BCUT2D eigenvalue weighted by Gasteiger charge is -2.26. The van der Waals surface area contributed by atoms with Gasteiger partial charge in [-0.15, -0.1) is 0 Å². The number of aryl methyl sites for hydroxylation is 1. The third-order valence-corrected chi connectivity index (χ3v) is 5.41. The second-order valence-corrected chi connectivity index (χ2v) is 7.46. The molecule has 2 aromatic heterocycles. The summed E-state index contributed by atoms with van der Waals surface area (Å²) in [5, 5.41) is 6.04. The number of aromatic nitrogens is 2. The molecule has 3 heterocycles. The number of benzene rings is 1. The Morgan fingerprint density at radius 3 is 2.77 bits per heavy atom. The molecule has 0 aliphatic carbocycles. The van der Waals surface area contributed by atoms with Crippen LogP contribution < -0.4 is 5.32 Å². The summed E-state index contributed by atoms with van der Waals surface area (Å²) < 4.78 is 57.1. The predicted octanol–water partition coefficient (Wildman–Crippen LogP) is 3.48. The van der Waals surface area contributed by atoms with Gasteiger partial charge in [0.05, 0.1) is 6.54 Å². The molecule has 0 saturated heterocycles. The SMILES string of the molecule is Cc1c(F)ccc2[nH]c(C(=O)N3CCc4onc(C(=O)N[C@H](C)C(F)(F)F)c4C3)cc12. The summed E-state index contributed by atoms with van der Waals surface area (Å²) in [7, 11) is 0. The monoisotopic (exact) mass is 438 g/mol. The van der Waals surface area contributed by atoms with Gasteiger partial charge in [-0.3, -0.25) is 9.59 Å². The number of hydrogen-bond acceptors (Lipinski definition) is 4. The van der Waals surface area contributed by atoms with Crippen LogP contribution in [-0.2, 0) is 13.0 Å². The zero-order chi connectivity index (χ0) is 22.5. The van der Waals surface area contributed by atoms with Gasteiger partial charge < -0.3 is 19.7 Å². The fourth-order valence-corrected chi connectivity index (χ4v) is 3.52. The van der Waals surface area contributed by atoms with Crippen molar-refractivity contribution in [3.8, 4) is 0 Å². The quantitative estimate of drug-likeness (QED) is 0.613. The molecule has 1 aliphatic rings. The molecular formula is C20H18F4N4O3. The largest absolute Gasteiger partial charge is 0.408 e. The summed E-state index contributed by atoms with van der Waals surface area (Å²) >= 11 is 0. The van der Waals surface area contributed by atoms with Crippen LogP contribution in [-0.4, -0.2) is 45.6 Å². The Morgan fingerprint density at radius 1 is 1.32 bits per heavy atom. The summed E-state index contributed by atoms with van der Waals surface area (Å²) in [5.74, 6) is -1.46. The molecule has 1 aromatic carbocycles. The number of nitrogens with zero attached hydrogens (tertiary/aromatic N) is 2. The van der Waals surface area contributed by atoms with E-state index in [9.17, 15) is 27.2 Å². The highest BCUT2D eigenvalue weighted by molar-refractivity contribution is 5.99. The first-order valence-electron chi connectivity index (χ1n) is 9.48. The van der Waals surface area contributed by atoms with E-state index in [-0.39, 0.29) is 42.3 Å². The van der Waals surface area contributed by atoms with Crippen LogP contribution in [0.25, 0.3) is 10.9 Å². The van der Waals surface area contributed by atoms with E-state index < -0.39 is 24.0 Å². The van der Waals surface area contributed by atoms with E-state index in [0.29, 0.717) is 22.2 Å². The molecule has 0 radical (unpaired) electrons. The third kappa shape index (κ3) is 3.75. The minimum absolute atomic E-state index is 0.0521. The second-order valence-electron chi connectivity index (χ2n) is 7.46. The molecule has 2 amide bonds. The molecule has 4 rings (SSSR count). The van der Waals surface area contributed by atoms with Crippen LogP contribution in [0.1, 0.15) is 44.8 Å². The van der Waals surface area contributed by atoms with Crippen LogP contribution in [0, 0.1) is 12.7 Å². The zero-order valence-corrected chi connectivity index (χ0v) is 16.6. The Bertz CT molecular complexity index is 1180. The van der Waals surface area contributed by atoms with Crippen molar-refractivity contribution in [2.75, 3.05) is 6.54 Å². The lowest BCUT2D eigenvalue weighted by molar-refractivity contribution is -0.149. The van der Waals surface area contributed by atoms with Crippen molar-refractivity contribution in [1.29, 1.82) is 0 Å². The van der Waals surface area contributed by atoms with Crippen molar-refractivity contribution in [3.63, 3.8) is 0 Å². The van der Waals surface area contributed by atoms with E-state index in [0.717, 1.165) is 6.92 Å². The highest BCUT2D eigenvalue weighted by Gasteiger charge is 2.38. The number of halogens is 4. The molecule has 0 bridgehead atoms. The van der Waals surface area contributed by atoms with Gasteiger partial charge in [0.2, 0.25) is 0 Å². The summed E-state index contributed by atoms with van der Waals surface area (Å²) in [6.45, 7) is 2.64. The molecule has 0 fully saturated rings. The van der Waals surface area contributed by atoms with Gasteiger partial charge in [0.1, 0.15) is 23.3 Å². The van der Waals surface area contributed by atoms with Crippen LogP contribution in [0.2, 0.25) is 0 Å². The minimum Gasteiger partial charge on any atom is -0.360 e. The standard InChI is InChI=1S/C20H18F4N4O3/c1-9-11-7-15(26-14(11)4-3-13(9)21)19(30)28-6-5-16-12(8-28)17(27-31-16)18(29)25-10(2)20(22,23)24/h3-4,7,10,26H,5-6,8H2,1-2H3,(H,25,29)/t10-/m1/s1. The van der Waals surface area contributed by atoms with Crippen molar-refractivity contribution in [2.24, 2.45) is 0 Å². The van der Waals surface area contributed by atoms with Gasteiger partial charge in [-0.2, -0.15) is 13.2 Å². The van der Waals surface area contributed by atoms with Crippen molar-refractivity contribution in [2.45, 2.75) is 39.0 Å². The number of alkyl halides is 3. The van der Waals surface area contributed by atoms with Crippen molar-refractivity contribution >= 4 is 22.7 Å². The van der Waals surface area contributed by atoms with Gasteiger partial charge >= 0.3 is 6.18 Å². The Morgan fingerprint density at radius 2 is 2.06 bits per heavy atom.